The van der Waals surface area contributed by atoms with E-state index in [2.05, 4.69) is 4.98 Å². The molecule has 2 amide bonds. The summed E-state index contributed by atoms with van der Waals surface area (Å²) in [6, 6.07) is 21.1. The van der Waals surface area contributed by atoms with Crippen LogP contribution in [0.5, 0.6) is 0 Å². The zero-order chi connectivity index (χ0) is 23.7. The number of benzene rings is 3. The molecule has 34 heavy (non-hydrogen) atoms. The van der Waals surface area contributed by atoms with E-state index < -0.39 is 5.91 Å². The lowest BCUT2D eigenvalue weighted by atomic mass is 9.95. The third kappa shape index (κ3) is 3.96. The Labute approximate surface area is 197 Å². The Bertz CT molecular complexity index is 1370. The average molecular weight is 455 g/mol. The molecule has 1 aromatic heterocycles. The summed E-state index contributed by atoms with van der Waals surface area (Å²) in [6.07, 6.45) is 0. The van der Waals surface area contributed by atoms with Gasteiger partial charge in [-0.2, -0.15) is 0 Å². The summed E-state index contributed by atoms with van der Waals surface area (Å²) in [5.41, 5.74) is 18.1. The van der Waals surface area contributed by atoms with Crippen LogP contribution in [0.15, 0.2) is 66.7 Å². The number of carbonyl (C=O) groups is 2. The van der Waals surface area contributed by atoms with Crippen LogP contribution in [-0.4, -0.2) is 48.0 Å². The zero-order valence-electron chi connectivity index (χ0n) is 18.7. The first-order valence-corrected chi connectivity index (χ1v) is 11.3. The van der Waals surface area contributed by atoms with Gasteiger partial charge in [0.15, 0.2) is 0 Å². The number of ether oxygens (including phenoxy) is 1. The molecule has 0 aliphatic carbocycles. The predicted octanol–water partition coefficient (Wildman–Crippen LogP) is 3.53. The number of nitrogens with zero attached hydrogens (tertiary/aromatic N) is 1. The minimum atomic E-state index is -0.497. The molecule has 7 heteroatoms. The second kappa shape index (κ2) is 9.13. The van der Waals surface area contributed by atoms with Gasteiger partial charge in [-0.25, -0.2) is 0 Å². The highest BCUT2D eigenvalue weighted by Crippen LogP contribution is 2.35. The predicted molar refractivity (Wildman–Crippen MR) is 132 cm³/mol. The van der Waals surface area contributed by atoms with Crippen molar-refractivity contribution < 1.29 is 14.3 Å². The van der Waals surface area contributed by atoms with Gasteiger partial charge >= 0.3 is 0 Å². The molecule has 1 aliphatic rings. The lowest BCUT2D eigenvalue weighted by molar-refractivity contribution is 0.0303. The molecule has 0 spiro atoms. The number of nitrogens with two attached hydrogens (primary N) is 2. The van der Waals surface area contributed by atoms with Crippen molar-refractivity contribution in [2.45, 2.75) is 6.54 Å². The number of fused-ring (bicyclic) bond motifs is 1. The molecule has 3 aromatic carbocycles. The lowest BCUT2D eigenvalue weighted by Gasteiger charge is -2.26. The largest absolute Gasteiger partial charge is 0.378 e. The highest BCUT2D eigenvalue weighted by Gasteiger charge is 2.19. The number of primary amides is 1. The van der Waals surface area contributed by atoms with E-state index in [-0.39, 0.29) is 5.91 Å². The smallest absolute Gasteiger partial charge is 0.254 e. The highest BCUT2D eigenvalue weighted by atomic mass is 16.5. The van der Waals surface area contributed by atoms with E-state index in [1.54, 1.807) is 6.07 Å². The van der Waals surface area contributed by atoms with E-state index in [0.717, 1.165) is 33.3 Å². The molecule has 0 radical (unpaired) electrons. The van der Waals surface area contributed by atoms with Crippen molar-refractivity contribution in [1.82, 2.24) is 9.88 Å². The van der Waals surface area contributed by atoms with E-state index in [1.165, 1.54) is 0 Å². The minimum Gasteiger partial charge on any atom is -0.378 e. The summed E-state index contributed by atoms with van der Waals surface area (Å²) in [5.74, 6) is -0.494. The number of hydrogen-bond donors (Lipinski definition) is 3. The summed E-state index contributed by atoms with van der Waals surface area (Å²) in [4.78, 5) is 30.1. The Morgan fingerprint density at radius 1 is 0.941 bits per heavy atom. The first-order valence-electron chi connectivity index (χ1n) is 11.3. The first-order chi connectivity index (χ1) is 16.6. The van der Waals surface area contributed by atoms with Gasteiger partial charge in [0.05, 0.1) is 24.3 Å². The lowest BCUT2D eigenvalue weighted by Crippen LogP contribution is -2.40. The van der Waals surface area contributed by atoms with Gasteiger partial charge < -0.3 is 26.1 Å². The van der Waals surface area contributed by atoms with Gasteiger partial charge in [-0.15, -0.1) is 0 Å². The number of aromatic nitrogens is 1. The SMILES string of the molecule is NCc1ccccc1-c1ccc(C(N)=O)c2[nH]c(-c3ccc(C(=O)N4CCOCC4)cc3)cc12. The molecular weight excluding hydrogens is 428 g/mol. The van der Waals surface area contributed by atoms with Gasteiger partial charge in [0.2, 0.25) is 0 Å². The van der Waals surface area contributed by atoms with Crippen molar-refractivity contribution in [2.24, 2.45) is 11.5 Å². The molecule has 0 bridgehead atoms. The van der Waals surface area contributed by atoms with E-state index in [9.17, 15) is 9.59 Å². The first kappa shape index (κ1) is 21.9. The van der Waals surface area contributed by atoms with E-state index in [4.69, 9.17) is 16.2 Å². The maximum Gasteiger partial charge on any atom is 0.254 e. The third-order valence-corrected chi connectivity index (χ3v) is 6.33. The van der Waals surface area contributed by atoms with Crippen LogP contribution < -0.4 is 11.5 Å². The van der Waals surface area contributed by atoms with Crippen LogP contribution in [0.2, 0.25) is 0 Å². The summed E-state index contributed by atoms with van der Waals surface area (Å²) < 4.78 is 5.34. The topological polar surface area (TPSA) is 114 Å². The average Bonchev–Trinajstić information content (AvgIpc) is 3.33. The quantitative estimate of drug-likeness (QED) is 0.428. The number of aromatic amines is 1. The second-order valence-corrected chi connectivity index (χ2v) is 8.34. The van der Waals surface area contributed by atoms with Gasteiger partial charge in [0, 0.05) is 36.3 Å². The molecule has 0 unspecified atom stereocenters. The molecule has 5 rings (SSSR count). The van der Waals surface area contributed by atoms with E-state index in [0.29, 0.717) is 49.5 Å². The number of hydrogen-bond acceptors (Lipinski definition) is 4. The van der Waals surface area contributed by atoms with Crippen LogP contribution in [0, 0.1) is 0 Å². The maximum atomic E-state index is 12.8. The van der Waals surface area contributed by atoms with Crippen LogP contribution in [-0.2, 0) is 11.3 Å². The molecule has 5 N–H and O–H groups in total. The molecule has 172 valence electrons. The fraction of sp³-hybridized carbons (Fsp3) is 0.185. The molecule has 1 aliphatic heterocycles. The standard InChI is InChI=1S/C27H26N4O3/c28-16-19-3-1-2-4-20(19)21-9-10-22(26(29)32)25-23(21)15-24(30-25)17-5-7-18(8-6-17)27(33)31-11-13-34-14-12-31/h1-10,15,30H,11-14,16,28H2,(H2,29,32). The van der Waals surface area contributed by atoms with Gasteiger partial charge in [0.1, 0.15) is 0 Å². The number of nitrogens with one attached hydrogen (secondary N) is 1. The number of amides is 2. The van der Waals surface area contributed by atoms with Crippen molar-refractivity contribution in [3.63, 3.8) is 0 Å². The Hall–Kier alpha value is -3.94. The van der Waals surface area contributed by atoms with Crippen LogP contribution in [0.4, 0.5) is 0 Å². The number of morpholine rings is 1. The molecule has 0 saturated carbocycles. The zero-order valence-corrected chi connectivity index (χ0v) is 18.7. The normalized spacial score (nSPS) is 13.9. The fourth-order valence-corrected chi connectivity index (χ4v) is 4.52. The Morgan fingerprint density at radius 2 is 1.68 bits per heavy atom. The number of carbonyl (C=O) groups excluding carboxylic acids is 2. The van der Waals surface area contributed by atoms with Crippen molar-refractivity contribution in [2.75, 3.05) is 26.3 Å². The molecule has 7 nitrogen and oxygen atoms in total. The minimum absolute atomic E-state index is 0.00295. The summed E-state index contributed by atoms with van der Waals surface area (Å²) in [7, 11) is 0. The van der Waals surface area contributed by atoms with Crippen LogP contribution in [0.25, 0.3) is 33.3 Å². The van der Waals surface area contributed by atoms with Crippen molar-refractivity contribution in [3.8, 4) is 22.4 Å². The van der Waals surface area contributed by atoms with Crippen molar-refractivity contribution >= 4 is 22.7 Å². The summed E-state index contributed by atoms with van der Waals surface area (Å²) in [6.45, 7) is 2.75. The number of H-pyrrole nitrogens is 1. The summed E-state index contributed by atoms with van der Waals surface area (Å²) >= 11 is 0. The van der Waals surface area contributed by atoms with Gasteiger partial charge in [-0.3, -0.25) is 9.59 Å². The Balaban J connectivity index is 1.56. The van der Waals surface area contributed by atoms with Gasteiger partial charge in [-0.1, -0.05) is 42.5 Å². The van der Waals surface area contributed by atoms with E-state index >= 15 is 0 Å². The van der Waals surface area contributed by atoms with Crippen molar-refractivity contribution in [3.05, 3.63) is 83.4 Å². The van der Waals surface area contributed by atoms with E-state index in [1.807, 2.05) is 65.6 Å². The molecular formula is C27H26N4O3. The van der Waals surface area contributed by atoms with Crippen LogP contribution >= 0.6 is 0 Å². The van der Waals surface area contributed by atoms with Crippen LogP contribution in [0.1, 0.15) is 26.3 Å². The molecule has 0 atom stereocenters. The number of rotatable bonds is 5. The monoisotopic (exact) mass is 454 g/mol. The molecule has 1 fully saturated rings. The highest BCUT2D eigenvalue weighted by molar-refractivity contribution is 6.10. The van der Waals surface area contributed by atoms with Gasteiger partial charge in [0.25, 0.3) is 11.8 Å². The molecule has 4 aromatic rings. The van der Waals surface area contributed by atoms with Gasteiger partial charge in [-0.05, 0) is 46.5 Å². The summed E-state index contributed by atoms with van der Waals surface area (Å²) in [5, 5.41) is 0.890. The second-order valence-electron chi connectivity index (χ2n) is 8.34. The van der Waals surface area contributed by atoms with Crippen molar-refractivity contribution in [1.29, 1.82) is 0 Å². The Kier molecular flexibility index (Phi) is 5.88. The molecule has 2 heterocycles. The maximum absolute atomic E-state index is 12.8. The fourth-order valence-electron chi connectivity index (χ4n) is 4.52. The molecule has 1 saturated heterocycles. The third-order valence-electron chi connectivity index (χ3n) is 6.33. The Morgan fingerprint density at radius 3 is 2.38 bits per heavy atom. The van der Waals surface area contributed by atoms with Crippen LogP contribution in [0.3, 0.4) is 0 Å².